The minimum absolute atomic E-state index is 0.0612. The first kappa shape index (κ1) is 13.4. The standard InChI is InChI=1S/C17H11F2NO/c18-15-6-2-3-11(17(15)19)9-16(21)14-5-1-4-12-10-20-8-7-13(12)14/h1-8,10H,9H2. The van der Waals surface area contributed by atoms with Crippen molar-refractivity contribution in [1.82, 2.24) is 4.98 Å². The lowest BCUT2D eigenvalue weighted by atomic mass is 9.98. The highest BCUT2D eigenvalue weighted by Crippen LogP contribution is 2.20. The van der Waals surface area contributed by atoms with Gasteiger partial charge in [0.25, 0.3) is 0 Å². The number of ketones is 1. The minimum atomic E-state index is -0.965. The van der Waals surface area contributed by atoms with E-state index < -0.39 is 11.6 Å². The number of pyridine rings is 1. The Hall–Kier alpha value is -2.62. The molecule has 0 saturated carbocycles. The van der Waals surface area contributed by atoms with Crippen molar-refractivity contribution >= 4 is 16.6 Å². The van der Waals surface area contributed by atoms with Gasteiger partial charge in [-0.25, -0.2) is 8.78 Å². The van der Waals surface area contributed by atoms with Crippen LogP contribution < -0.4 is 0 Å². The van der Waals surface area contributed by atoms with E-state index in [0.717, 1.165) is 16.8 Å². The van der Waals surface area contributed by atoms with E-state index in [4.69, 9.17) is 0 Å². The monoisotopic (exact) mass is 283 g/mol. The summed E-state index contributed by atoms with van der Waals surface area (Å²) in [5.41, 5.74) is 0.546. The van der Waals surface area contributed by atoms with Crippen LogP contribution in [0.15, 0.2) is 54.9 Å². The van der Waals surface area contributed by atoms with E-state index in [2.05, 4.69) is 4.98 Å². The molecule has 0 N–H and O–H groups in total. The molecule has 3 rings (SSSR count). The molecule has 2 aromatic carbocycles. The van der Waals surface area contributed by atoms with Crippen LogP contribution in [0.25, 0.3) is 10.8 Å². The van der Waals surface area contributed by atoms with Gasteiger partial charge in [0, 0.05) is 29.8 Å². The number of hydrogen-bond donors (Lipinski definition) is 0. The van der Waals surface area contributed by atoms with Gasteiger partial charge in [-0.1, -0.05) is 30.3 Å². The topological polar surface area (TPSA) is 30.0 Å². The van der Waals surface area contributed by atoms with Crippen LogP contribution in [0.1, 0.15) is 15.9 Å². The molecule has 0 atom stereocenters. The van der Waals surface area contributed by atoms with Crippen molar-refractivity contribution in [2.45, 2.75) is 6.42 Å². The summed E-state index contributed by atoms with van der Waals surface area (Å²) in [5.74, 6) is -2.16. The lowest BCUT2D eigenvalue weighted by molar-refractivity contribution is 0.0993. The van der Waals surface area contributed by atoms with E-state index in [9.17, 15) is 13.6 Å². The molecule has 0 saturated heterocycles. The van der Waals surface area contributed by atoms with Crippen molar-refractivity contribution < 1.29 is 13.6 Å². The van der Waals surface area contributed by atoms with Gasteiger partial charge in [0.05, 0.1) is 0 Å². The molecule has 0 radical (unpaired) electrons. The van der Waals surface area contributed by atoms with Crippen LogP contribution in [0.4, 0.5) is 8.78 Å². The summed E-state index contributed by atoms with van der Waals surface area (Å²) in [6.07, 6.45) is 3.09. The molecule has 0 spiro atoms. The first-order valence-corrected chi connectivity index (χ1v) is 6.45. The zero-order chi connectivity index (χ0) is 14.8. The van der Waals surface area contributed by atoms with Gasteiger partial charge in [0.2, 0.25) is 0 Å². The van der Waals surface area contributed by atoms with Crippen LogP contribution in [-0.4, -0.2) is 10.8 Å². The Morgan fingerprint density at radius 1 is 1.05 bits per heavy atom. The quantitative estimate of drug-likeness (QED) is 0.681. The van der Waals surface area contributed by atoms with Crippen LogP contribution in [0.5, 0.6) is 0 Å². The fourth-order valence-corrected chi connectivity index (χ4v) is 2.32. The maximum atomic E-state index is 13.7. The molecule has 4 heteroatoms. The molecular formula is C17H11F2NO. The third-order valence-corrected chi connectivity index (χ3v) is 3.36. The molecule has 0 unspecified atom stereocenters. The first-order chi connectivity index (χ1) is 10.2. The molecule has 1 heterocycles. The number of rotatable bonds is 3. The number of benzene rings is 2. The fourth-order valence-electron chi connectivity index (χ4n) is 2.32. The van der Waals surface area contributed by atoms with Gasteiger partial charge in [-0.3, -0.25) is 9.78 Å². The van der Waals surface area contributed by atoms with Crippen molar-refractivity contribution in [2.75, 3.05) is 0 Å². The normalized spacial score (nSPS) is 10.8. The highest BCUT2D eigenvalue weighted by molar-refractivity contribution is 6.08. The zero-order valence-electron chi connectivity index (χ0n) is 11.0. The van der Waals surface area contributed by atoms with Crippen molar-refractivity contribution in [3.8, 4) is 0 Å². The Morgan fingerprint density at radius 2 is 1.86 bits per heavy atom. The van der Waals surface area contributed by atoms with E-state index in [0.29, 0.717) is 5.56 Å². The molecule has 21 heavy (non-hydrogen) atoms. The maximum Gasteiger partial charge on any atom is 0.167 e. The predicted octanol–water partition coefficient (Wildman–Crippen LogP) is 3.94. The van der Waals surface area contributed by atoms with Gasteiger partial charge < -0.3 is 0 Å². The summed E-state index contributed by atoms with van der Waals surface area (Å²) in [7, 11) is 0. The van der Waals surface area contributed by atoms with Crippen LogP contribution in [0.2, 0.25) is 0 Å². The van der Waals surface area contributed by atoms with Crippen LogP contribution >= 0.6 is 0 Å². The Bertz CT molecular complexity index is 825. The molecular weight excluding hydrogens is 272 g/mol. The van der Waals surface area contributed by atoms with Gasteiger partial charge >= 0.3 is 0 Å². The molecule has 1 aromatic heterocycles. The summed E-state index contributed by atoms with van der Waals surface area (Å²) in [6, 6.07) is 10.9. The highest BCUT2D eigenvalue weighted by atomic mass is 19.2. The maximum absolute atomic E-state index is 13.7. The fraction of sp³-hybridized carbons (Fsp3) is 0.0588. The number of halogens is 2. The number of aromatic nitrogens is 1. The molecule has 0 aliphatic rings. The van der Waals surface area contributed by atoms with Gasteiger partial charge in [-0.15, -0.1) is 0 Å². The molecule has 3 aromatic rings. The van der Waals surface area contributed by atoms with Crippen molar-refractivity contribution in [2.24, 2.45) is 0 Å². The molecule has 0 aliphatic heterocycles. The van der Waals surface area contributed by atoms with Crippen LogP contribution in [0, 0.1) is 11.6 Å². The third-order valence-electron chi connectivity index (χ3n) is 3.36. The predicted molar refractivity (Wildman–Crippen MR) is 76.1 cm³/mol. The van der Waals surface area contributed by atoms with Gasteiger partial charge in [-0.05, 0) is 23.1 Å². The van der Waals surface area contributed by atoms with Crippen molar-refractivity contribution in [1.29, 1.82) is 0 Å². The summed E-state index contributed by atoms with van der Waals surface area (Å²) in [5, 5.41) is 1.59. The second-order valence-corrected chi connectivity index (χ2v) is 4.72. The lowest BCUT2D eigenvalue weighted by Gasteiger charge is -2.06. The largest absolute Gasteiger partial charge is 0.294 e. The van der Waals surface area contributed by atoms with Crippen LogP contribution in [0.3, 0.4) is 0 Å². The Balaban J connectivity index is 2.00. The first-order valence-electron chi connectivity index (χ1n) is 6.45. The smallest absolute Gasteiger partial charge is 0.167 e. The van der Waals surface area contributed by atoms with Gasteiger partial charge in [0.15, 0.2) is 17.4 Å². The highest BCUT2D eigenvalue weighted by Gasteiger charge is 2.15. The zero-order valence-corrected chi connectivity index (χ0v) is 11.0. The van der Waals surface area contributed by atoms with Crippen LogP contribution in [-0.2, 0) is 6.42 Å². The summed E-state index contributed by atoms with van der Waals surface area (Å²) in [6.45, 7) is 0. The lowest BCUT2D eigenvalue weighted by Crippen LogP contribution is -2.07. The van der Waals surface area contributed by atoms with Gasteiger partial charge in [0.1, 0.15) is 0 Å². The van der Waals surface area contributed by atoms with E-state index in [-0.39, 0.29) is 17.8 Å². The molecule has 0 aliphatic carbocycles. The molecule has 0 amide bonds. The molecule has 0 fully saturated rings. The molecule has 2 nitrogen and oxygen atoms in total. The van der Waals surface area contributed by atoms with E-state index >= 15 is 0 Å². The second kappa shape index (κ2) is 5.40. The Kier molecular flexibility index (Phi) is 3.44. The van der Waals surface area contributed by atoms with E-state index in [1.165, 1.54) is 12.1 Å². The van der Waals surface area contributed by atoms with E-state index in [1.807, 2.05) is 6.07 Å². The SMILES string of the molecule is O=C(Cc1cccc(F)c1F)c1cccc2cnccc12. The summed E-state index contributed by atoms with van der Waals surface area (Å²) >= 11 is 0. The second-order valence-electron chi connectivity index (χ2n) is 4.72. The number of Topliss-reactive ketones (excluding diaryl/α,β-unsaturated/α-hetero) is 1. The summed E-state index contributed by atoms with van der Waals surface area (Å²) in [4.78, 5) is 16.4. The number of carbonyl (C=O) groups is 1. The molecule has 104 valence electrons. The van der Waals surface area contributed by atoms with Crippen molar-refractivity contribution in [3.63, 3.8) is 0 Å². The molecule has 0 bridgehead atoms. The Morgan fingerprint density at radius 3 is 2.71 bits per heavy atom. The average Bonchev–Trinajstić information content (AvgIpc) is 2.51. The third kappa shape index (κ3) is 2.52. The van der Waals surface area contributed by atoms with E-state index in [1.54, 1.807) is 30.6 Å². The van der Waals surface area contributed by atoms with Crippen molar-refractivity contribution in [3.05, 3.63) is 77.6 Å². The number of hydrogen-bond acceptors (Lipinski definition) is 2. The average molecular weight is 283 g/mol. The number of carbonyl (C=O) groups excluding carboxylic acids is 1. The van der Waals surface area contributed by atoms with Gasteiger partial charge in [-0.2, -0.15) is 0 Å². The summed E-state index contributed by atoms with van der Waals surface area (Å²) < 4.78 is 26.8. The minimum Gasteiger partial charge on any atom is -0.294 e. The number of fused-ring (bicyclic) bond motifs is 1. The number of nitrogens with zero attached hydrogens (tertiary/aromatic N) is 1. The Labute approximate surface area is 120 Å².